The second-order valence-corrected chi connectivity index (χ2v) is 7.22. The Kier molecular flexibility index (Phi) is 8.19. The third kappa shape index (κ3) is 6.97. The van der Waals surface area contributed by atoms with Gasteiger partial charge in [-0.05, 0) is 37.5 Å². The van der Waals surface area contributed by atoms with Gasteiger partial charge in [0.1, 0.15) is 5.75 Å². The van der Waals surface area contributed by atoms with Gasteiger partial charge in [-0.1, -0.05) is 50.2 Å². The number of amides is 2. The van der Waals surface area contributed by atoms with E-state index in [-0.39, 0.29) is 11.8 Å². The summed E-state index contributed by atoms with van der Waals surface area (Å²) in [6.45, 7) is 5.93. The van der Waals surface area contributed by atoms with Crippen molar-refractivity contribution in [1.29, 1.82) is 0 Å². The molecule has 0 bridgehead atoms. The van der Waals surface area contributed by atoms with Crippen LogP contribution in [0.3, 0.4) is 0 Å². The van der Waals surface area contributed by atoms with E-state index in [0.29, 0.717) is 28.9 Å². The summed E-state index contributed by atoms with van der Waals surface area (Å²) >= 11 is 1.12. The van der Waals surface area contributed by atoms with Gasteiger partial charge in [0.25, 0.3) is 5.91 Å². The van der Waals surface area contributed by atoms with E-state index in [0.717, 1.165) is 36.2 Å². The first-order valence-electron chi connectivity index (χ1n) is 9.19. The van der Waals surface area contributed by atoms with E-state index >= 15 is 0 Å². The van der Waals surface area contributed by atoms with Gasteiger partial charge in [0, 0.05) is 6.42 Å². The van der Waals surface area contributed by atoms with Crippen molar-refractivity contribution >= 4 is 33.4 Å². The maximum atomic E-state index is 12.5. The van der Waals surface area contributed by atoms with Crippen molar-refractivity contribution in [3.8, 4) is 5.75 Å². The molecule has 1 atom stereocenters. The molecule has 0 aliphatic carbocycles. The molecule has 0 aliphatic rings. The Hall–Kier alpha value is -2.48. The lowest BCUT2D eigenvalue weighted by Crippen LogP contribution is -2.32. The average molecular weight is 391 g/mol. The van der Waals surface area contributed by atoms with Crippen LogP contribution in [-0.4, -0.2) is 28.1 Å². The first-order valence-corrected chi connectivity index (χ1v) is 10.0. The summed E-state index contributed by atoms with van der Waals surface area (Å²) < 4.78 is 5.78. The van der Waals surface area contributed by atoms with E-state index in [9.17, 15) is 9.59 Å². The van der Waals surface area contributed by atoms with Gasteiger partial charge < -0.3 is 10.1 Å². The first kappa shape index (κ1) is 20.8. The molecule has 0 radical (unpaired) electrons. The highest BCUT2D eigenvalue weighted by molar-refractivity contribution is 7.19. The number of aromatic nitrogens is 2. The van der Waals surface area contributed by atoms with Crippen LogP contribution < -0.4 is 15.4 Å². The summed E-state index contributed by atoms with van der Waals surface area (Å²) in [5, 5.41) is 13.9. The molecule has 0 saturated heterocycles. The van der Waals surface area contributed by atoms with E-state index in [1.54, 1.807) is 0 Å². The van der Waals surface area contributed by atoms with Crippen molar-refractivity contribution in [1.82, 2.24) is 10.2 Å². The smallest absolute Gasteiger partial charge is 0.267 e. The summed E-state index contributed by atoms with van der Waals surface area (Å²) in [7, 11) is 0. The Morgan fingerprint density at radius 2 is 1.89 bits per heavy atom. The number of hydrogen-bond acceptors (Lipinski definition) is 6. The van der Waals surface area contributed by atoms with Crippen molar-refractivity contribution in [3.05, 3.63) is 29.8 Å². The third-order valence-corrected chi connectivity index (χ3v) is 4.59. The van der Waals surface area contributed by atoms with Crippen LogP contribution in [0.2, 0.25) is 0 Å². The summed E-state index contributed by atoms with van der Waals surface area (Å²) in [6, 6.07) is 7.55. The number of hydrogen-bond donors (Lipinski definition) is 2. The minimum Gasteiger partial charge on any atom is -0.481 e. The molecule has 1 aromatic carbocycles. The number of carbonyl (C=O) groups is 2. The second-order valence-electron chi connectivity index (χ2n) is 6.24. The maximum absolute atomic E-state index is 12.5. The highest BCUT2D eigenvalue weighted by Gasteiger charge is 2.20. The molecule has 0 aliphatic heterocycles. The molecule has 1 aromatic heterocycles. The van der Waals surface area contributed by atoms with Gasteiger partial charge in [-0.2, -0.15) is 0 Å². The van der Waals surface area contributed by atoms with Crippen molar-refractivity contribution in [2.24, 2.45) is 0 Å². The Morgan fingerprint density at radius 3 is 2.56 bits per heavy atom. The number of aryl methyl sites for hydroxylation is 1. The molecule has 2 N–H and O–H groups in total. The van der Waals surface area contributed by atoms with Crippen LogP contribution in [0.15, 0.2) is 24.3 Å². The minimum absolute atomic E-state index is 0.0910. The number of unbranched alkanes of at least 4 members (excludes halogenated alkanes) is 2. The van der Waals surface area contributed by atoms with Gasteiger partial charge >= 0.3 is 0 Å². The zero-order valence-corrected chi connectivity index (χ0v) is 16.8. The fourth-order valence-corrected chi connectivity index (χ4v) is 3.07. The Labute approximate surface area is 163 Å². The van der Waals surface area contributed by atoms with E-state index in [1.807, 2.05) is 38.1 Å². The molecule has 0 spiro atoms. The number of nitrogens with one attached hydrogen (secondary N) is 2. The zero-order valence-electron chi connectivity index (χ0n) is 15.9. The lowest BCUT2D eigenvalue weighted by Gasteiger charge is -2.16. The maximum Gasteiger partial charge on any atom is 0.267 e. The predicted molar refractivity (Wildman–Crippen MR) is 107 cm³/mol. The van der Waals surface area contributed by atoms with Crippen molar-refractivity contribution in [2.75, 3.05) is 10.6 Å². The fourth-order valence-electron chi connectivity index (χ4n) is 2.40. The van der Waals surface area contributed by atoms with Crippen molar-refractivity contribution in [2.45, 2.75) is 59.0 Å². The molecule has 2 amide bonds. The molecule has 0 fully saturated rings. The molecule has 27 heavy (non-hydrogen) atoms. The molecular weight excluding hydrogens is 364 g/mol. The highest BCUT2D eigenvalue weighted by atomic mass is 32.1. The van der Waals surface area contributed by atoms with E-state index in [4.69, 9.17) is 4.74 Å². The monoisotopic (exact) mass is 390 g/mol. The van der Waals surface area contributed by atoms with Crippen LogP contribution in [0.1, 0.15) is 51.5 Å². The number of anilines is 2. The SMILES string of the molecule is CCCCCC(=O)Nc1nnc(NC(=O)C(CC)Oc2cccc(C)c2)s1. The largest absolute Gasteiger partial charge is 0.481 e. The molecule has 2 rings (SSSR count). The Bertz CT molecular complexity index is 763. The van der Waals surface area contributed by atoms with Gasteiger partial charge in [-0.3, -0.25) is 14.9 Å². The van der Waals surface area contributed by atoms with Gasteiger partial charge in [0.15, 0.2) is 6.10 Å². The van der Waals surface area contributed by atoms with Gasteiger partial charge in [-0.25, -0.2) is 0 Å². The van der Waals surface area contributed by atoms with E-state index < -0.39 is 6.10 Å². The first-order chi connectivity index (χ1) is 13.0. The number of benzene rings is 1. The standard InChI is InChI=1S/C19H26N4O3S/c1-4-6-7-11-16(24)20-18-22-23-19(27-18)21-17(25)15(5-2)26-14-10-8-9-13(3)12-14/h8-10,12,15H,4-7,11H2,1-3H3,(H,20,22,24)(H,21,23,25). The number of ether oxygens (including phenoxy) is 1. The summed E-state index contributed by atoms with van der Waals surface area (Å²) in [5.41, 5.74) is 1.06. The molecule has 8 heteroatoms. The topological polar surface area (TPSA) is 93.2 Å². The molecule has 2 aromatic rings. The summed E-state index contributed by atoms with van der Waals surface area (Å²) in [6.07, 6.45) is 3.26. The number of carbonyl (C=O) groups excluding carboxylic acids is 2. The van der Waals surface area contributed by atoms with E-state index in [2.05, 4.69) is 27.8 Å². The molecule has 146 valence electrons. The van der Waals surface area contributed by atoms with Crippen LogP contribution in [-0.2, 0) is 9.59 Å². The molecule has 0 saturated carbocycles. The normalized spacial score (nSPS) is 11.7. The Balaban J connectivity index is 1.88. The van der Waals surface area contributed by atoms with Crippen LogP contribution >= 0.6 is 11.3 Å². The molecule has 1 unspecified atom stereocenters. The van der Waals surface area contributed by atoms with Gasteiger partial charge in [0.2, 0.25) is 16.2 Å². The van der Waals surface area contributed by atoms with Crippen LogP contribution in [0.4, 0.5) is 10.3 Å². The van der Waals surface area contributed by atoms with Gasteiger partial charge in [0.05, 0.1) is 0 Å². The Morgan fingerprint density at radius 1 is 1.15 bits per heavy atom. The fraction of sp³-hybridized carbons (Fsp3) is 0.474. The van der Waals surface area contributed by atoms with Crippen LogP contribution in [0.5, 0.6) is 5.75 Å². The number of rotatable bonds is 10. The van der Waals surface area contributed by atoms with Crippen molar-refractivity contribution < 1.29 is 14.3 Å². The van der Waals surface area contributed by atoms with Crippen LogP contribution in [0, 0.1) is 6.92 Å². The lowest BCUT2D eigenvalue weighted by molar-refractivity contribution is -0.122. The lowest BCUT2D eigenvalue weighted by atomic mass is 10.2. The third-order valence-electron chi connectivity index (χ3n) is 3.84. The van der Waals surface area contributed by atoms with Crippen LogP contribution in [0.25, 0.3) is 0 Å². The van der Waals surface area contributed by atoms with Crippen molar-refractivity contribution in [3.63, 3.8) is 0 Å². The molecule has 1 heterocycles. The zero-order chi connectivity index (χ0) is 19.6. The number of nitrogens with zero attached hydrogens (tertiary/aromatic N) is 2. The average Bonchev–Trinajstić information content (AvgIpc) is 3.06. The molecule has 7 nitrogen and oxygen atoms in total. The van der Waals surface area contributed by atoms with Gasteiger partial charge in [-0.15, -0.1) is 10.2 Å². The summed E-state index contributed by atoms with van der Waals surface area (Å²) in [5.74, 6) is 0.261. The minimum atomic E-state index is -0.636. The van der Waals surface area contributed by atoms with E-state index in [1.165, 1.54) is 0 Å². The highest BCUT2D eigenvalue weighted by Crippen LogP contribution is 2.22. The predicted octanol–water partition coefficient (Wildman–Crippen LogP) is 4.16. The second kappa shape index (κ2) is 10.6. The quantitative estimate of drug-likeness (QED) is 0.594. The summed E-state index contributed by atoms with van der Waals surface area (Å²) in [4.78, 5) is 24.3. The molecular formula is C19H26N4O3S.